The average molecular weight is 524 g/mol. The topological polar surface area (TPSA) is 79.3 Å². The molecule has 3 amide bonds. The summed E-state index contributed by atoms with van der Waals surface area (Å²) in [4.78, 5) is 28.1. The molecule has 1 heterocycles. The van der Waals surface area contributed by atoms with E-state index in [-0.39, 0.29) is 18.5 Å². The molecule has 3 aromatic carbocycles. The Morgan fingerprint density at radius 3 is 2.31 bits per heavy atom. The molecule has 202 valence electrons. The monoisotopic (exact) mass is 523 g/mol. The highest BCUT2D eigenvalue weighted by molar-refractivity contribution is 5.97. The van der Waals surface area contributed by atoms with Crippen LogP contribution in [-0.2, 0) is 4.79 Å². The number of urea groups is 1. The first kappa shape index (κ1) is 27.6. The van der Waals surface area contributed by atoms with E-state index in [2.05, 4.69) is 23.6 Å². The number of aryl methyl sites for hydroxylation is 4. The lowest BCUT2D eigenvalue weighted by Gasteiger charge is -2.23. The van der Waals surface area contributed by atoms with Gasteiger partial charge in [0.1, 0.15) is 12.4 Å². The van der Waals surface area contributed by atoms with Crippen molar-refractivity contribution >= 4 is 23.4 Å². The van der Waals surface area contributed by atoms with E-state index in [1.165, 1.54) is 0 Å². The Labute approximate surface area is 230 Å². The summed E-state index contributed by atoms with van der Waals surface area (Å²) in [5.41, 5.74) is 7.75. The van der Waals surface area contributed by atoms with Gasteiger partial charge in [-0.3, -0.25) is 4.79 Å². The molecule has 0 radical (unpaired) electrons. The zero-order valence-corrected chi connectivity index (χ0v) is 23.4. The molecule has 0 aliphatic heterocycles. The summed E-state index contributed by atoms with van der Waals surface area (Å²) in [5, 5.41) is 10.8. The summed E-state index contributed by atoms with van der Waals surface area (Å²) in [5.74, 6) is 0.266. The van der Waals surface area contributed by atoms with E-state index in [4.69, 9.17) is 5.10 Å². The molecular formula is C32H37N5O2. The molecule has 0 unspecified atom stereocenters. The minimum Gasteiger partial charge on any atom is -0.315 e. The lowest BCUT2D eigenvalue weighted by molar-refractivity contribution is -0.116. The van der Waals surface area contributed by atoms with Crippen molar-refractivity contribution in [1.82, 2.24) is 14.7 Å². The maximum absolute atomic E-state index is 13.3. The van der Waals surface area contributed by atoms with Gasteiger partial charge >= 0.3 is 6.03 Å². The SMILES string of the molecule is CCCCN(CC(=O)Nc1cc(-c2ccccc2)nn1-c1ccc(C)cc1C)C(=O)Nc1ccc(C)c(C)c1. The molecule has 0 spiro atoms. The number of benzene rings is 3. The zero-order chi connectivity index (χ0) is 27.9. The molecule has 7 nitrogen and oxygen atoms in total. The molecule has 7 heteroatoms. The van der Waals surface area contributed by atoms with Gasteiger partial charge in [0.2, 0.25) is 5.91 Å². The van der Waals surface area contributed by atoms with Crippen molar-refractivity contribution in [2.45, 2.75) is 47.5 Å². The number of aromatic nitrogens is 2. The highest BCUT2D eigenvalue weighted by Gasteiger charge is 2.20. The molecule has 2 N–H and O–H groups in total. The van der Waals surface area contributed by atoms with Gasteiger partial charge in [0, 0.05) is 23.9 Å². The standard InChI is InChI=1S/C32H37N5O2/c1-6-7-17-36(32(39)33-27-15-14-23(3)24(4)19-27)21-31(38)34-30-20-28(26-11-9-8-10-12-26)35-37(30)29-16-13-22(2)18-25(29)5/h8-16,18-20H,6-7,17,21H2,1-5H3,(H,33,39)(H,34,38). The molecular weight excluding hydrogens is 486 g/mol. The third kappa shape index (κ3) is 6.93. The van der Waals surface area contributed by atoms with Crippen molar-refractivity contribution < 1.29 is 9.59 Å². The molecule has 39 heavy (non-hydrogen) atoms. The number of carbonyl (C=O) groups excluding carboxylic acids is 2. The van der Waals surface area contributed by atoms with Crippen LogP contribution in [0, 0.1) is 27.7 Å². The van der Waals surface area contributed by atoms with Gasteiger partial charge in [0.15, 0.2) is 0 Å². The van der Waals surface area contributed by atoms with Crippen molar-refractivity contribution in [2.75, 3.05) is 23.7 Å². The first-order chi connectivity index (χ1) is 18.7. The second-order valence-corrected chi connectivity index (χ2v) is 10.0. The summed E-state index contributed by atoms with van der Waals surface area (Å²) in [7, 11) is 0. The van der Waals surface area contributed by atoms with Crippen LogP contribution in [0.15, 0.2) is 72.8 Å². The first-order valence-electron chi connectivity index (χ1n) is 13.4. The smallest absolute Gasteiger partial charge is 0.315 e. The fourth-order valence-electron chi connectivity index (χ4n) is 4.43. The lowest BCUT2D eigenvalue weighted by Crippen LogP contribution is -2.41. The Morgan fingerprint density at radius 2 is 1.62 bits per heavy atom. The Morgan fingerprint density at radius 1 is 0.846 bits per heavy atom. The number of amides is 3. The van der Waals surface area contributed by atoms with Crippen LogP contribution < -0.4 is 10.6 Å². The molecule has 1 aromatic heterocycles. The van der Waals surface area contributed by atoms with Gasteiger partial charge in [0.05, 0.1) is 11.4 Å². The summed E-state index contributed by atoms with van der Waals surface area (Å²) >= 11 is 0. The van der Waals surface area contributed by atoms with Crippen LogP contribution >= 0.6 is 0 Å². The van der Waals surface area contributed by atoms with Crippen LogP contribution in [0.25, 0.3) is 16.9 Å². The normalized spacial score (nSPS) is 10.8. The number of anilines is 2. The Hall–Kier alpha value is -4.39. The number of rotatable bonds is 9. The van der Waals surface area contributed by atoms with Crippen LogP contribution in [0.5, 0.6) is 0 Å². The predicted octanol–water partition coefficient (Wildman–Crippen LogP) is 7.05. The van der Waals surface area contributed by atoms with Crippen molar-refractivity contribution in [3.8, 4) is 16.9 Å². The van der Waals surface area contributed by atoms with Crippen LogP contribution in [0.4, 0.5) is 16.3 Å². The fourth-order valence-corrected chi connectivity index (χ4v) is 4.43. The largest absolute Gasteiger partial charge is 0.322 e. The fraction of sp³-hybridized carbons (Fsp3) is 0.281. The number of hydrogen-bond donors (Lipinski definition) is 2. The number of nitrogens with zero attached hydrogens (tertiary/aromatic N) is 3. The van der Waals surface area contributed by atoms with Gasteiger partial charge in [-0.25, -0.2) is 9.48 Å². The number of carbonyl (C=O) groups is 2. The first-order valence-corrected chi connectivity index (χ1v) is 13.4. The van der Waals surface area contributed by atoms with E-state index >= 15 is 0 Å². The van der Waals surface area contributed by atoms with Gasteiger partial charge < -0.3 is 15.5 Å². The molecule has 0 fully saturated rings. The summed E-state index contributed by atoms with van der Waals surface area (Å²) in [6.07, 6.45) is 1.71. The molecule has 0 aliphatic carbocycles. The Balaban J connectivity index is 1.58. The van der Waals surface area contributed by atoms with E-state index in [0.717, 1.165) is 52.0 Å². The van der Waals surface area contributed by atoms with Crippen molar-refractivity contribution in [1.29, 1.82) is 0 Å². The third-order valence-corrected chi connectivity index (χ3v) is 6.79. The maximum atomic E-state index is 13.3. The Kier molecular flexibility index (Phi) is 8.81. The van der Waals surface area contributed by atoms with Gasteiger partial charge in [0.25, 0.3) is 0 Å². The highest BCUT2D eigenvalue weighted by atomic mass is 16.2. The maximum Gasteiger partial charge on any atom is 0.322 e. The highest BCUT2D eigenvalue weighted by Crippen LogP contribution is 2.27. The summed E-state index contributed by atoms with van der Waals surface area (Å²) in [6, 6.07) is 23.4. The van der Waals surface area contributed by atoms with E-state index in [0.29, 0.717) is 18.1 Å². The number of nitrogens with one attached hydrogen (secondary N) is 2. The molecule has 0 saturated heterocycles. The molecule has 0 aliphatic rings. The van der Waals surface area contributed by atoms with Gasteiger partial charge in [-0.2, -0.15) is 5.10 Å². The van der Waals surface area contributed by atoms with Crippen LogP contribution in [0.2, 0.25) is 0 Å². The zero-order valence-electron chi connectivity index (χ0n) is 23.4. The van der Waals surface area contributed by atoms with Gasteiger partial charge in [-0.1, -0.05) is 67.4 Å². The van der Waals surface area contributed by atoms with Crippen LogP contribution in [0.1, 0.15) is 42.0 Å². The molecule has 4 rings (SSSR count). The van der Waals surface area contributed by atoms with Crippen LogP contribution in [0.3, 0.4) is 0 Å². The molecule has 0 saturated carbocycles. The minimum atomic E-state index is -0.297. The molecule has 4 aromatic rings. The van der Waals surface area contributed by atoms with E-state index in [1.54, 1.807) is 9.58 Å². The predicted molar refractivity (Wildman–Crippen MR) is 159 cm³/mol. The van der Waals surface area contributed by atoms with Crippen molar-refractivity contribution in [3.05, 3.63) is 95.1 Å². The summed E-state index contributed by atoms with van der Waals surface area (Å²) < 4.78 is 1.76. The van der Waals surface area contributed by atoms with E-state index < -0.39 is 0 Å². The summed E-state index contributed by atoms with van der Waals surface area (Å²) in [6.45, 7) is 10.6. The molecule has 0 atom stereocenters. The van der Waals surface area contributed by atoms with Crippen molar-refractivity contribution in [2.24, 2.45) is 0 Å². The second kappa shape index (κ2) is 12.4. The minimum absolute atomic E-state index is 0.0740. The van der Waals surface area contributed by atoms with E-state index in [9.17, 15) is 9.59 Å². The Bertz CT molecular complexity index is 1460. The van der Waals surface area contributed by atoms with Crippen molar-refractivity contribution in [3.63, 3.8) is 0 Å². The number of unbranched alkanes of at least 4 members (excludes halogenated alkanes) is 1. The third-order valence-electron chi connectivity index (χ3n) is 6.79. The molecule has 0 bridgehead atoms. The second-order valence-electron chi connectivity index (χ2n) is 10.0. The van der Waals surface area contributed by atoms with Gasteiger partial charge in [-0.15, -0.1) is 0 Å². The quantitative estimate of drug-likeness (QED) is 0.247. The number of hydrogen-bond acceptors (Lipinski definition) is 3. The lowest BCUT2D eigenvalue weighted by atomic mass is 10.1. The van der Waals surface area contributed by atoms with E-state index in [1.807, 2.05) is 94.4 Å². The van der Waals surface area contributed by atoms with Crippen LogP contribution in [-0.4, -0.2) is 39.7 Å². The average Bonchev–Trinajstić information content (AvgIpc) is 3.32. The van der Waals surface area contributed by atoms with Gasteiger partial charge in [-0.05, 0) is 69.0 Å².